The maximum atomic E-state index is 10.6. The Balaban J connectivity index is 2.58. The predicted octanol–water partition coefficient (Wildman–Crippen LogP) is -1.37. The van der Waals surface area contributed by atoms with Gasteiger partial charge in [-0.25, -0.2) is 5.84 Å². The van der Waals surface area contributed by atoms with Crippen LogP contribution in [0.5, 0.6) is 0 Å². The molecule has 0 aromatic carbocycles. The zero-order chi connectivity index (χ0) is 12.1. The summed E-state index contributed by atoms with van der Waals surface area (Å²) in [4.78, 5) is 10.6. The molecule has 1 amide bonds. The average molecular weight is 225 g/mol. The molecule has 1 aliphatic heterocycles. The van der Waals surface area contributed by atoms with Gasteiger partial charge in [-0.1, -0.05) is 6.58 Å². The molecule has 0 aromatic heterocycles. The molecule has 0 saturated carbocycles. The Morgan fingerprint density at radius 3 is 3.06 bits per heavy atom. The number of carbonyl (C=O) groups is 1. The van der Waals surface area contributed by atoms with Gasteiger partial charge in [0.1, 0.15) is 0 Å². The number of hydrazine groups is 1. The summed E-state index contributed by atoms with van der Waals surface area (Å²) in [5.41, 5.74) is 6.58. The minimum absolute atomic E-state index is 0.0784. The van der Waals surface area contributed by atoms with Crippen LogP contribution in [0.4, 0.5) is 0 Å². The number of hydrogen-bond donors (Lipinski definition) is 4. The highest BCUT2D eigenvalue weighted by molar-refractivity contribution is 5.76. The first-order valence-corrected chi connectivity index (χ1v) is 5.19. The van der Waals surface area contributed by atoms with E-state index in [4.69, 9.17) is 11.6 Å². The van der Waals surface area contributed by atoms with Gasteiger partial charge in [-0.05, 0) is 13.0 Å². The predicted molar refractivity (Wildman–Crippen MR) is 62.8 cm³/mol. The second kappa shape index (κ2) is 5.53. The van der Waals surface area contributed by atoms with Gasteiger partial charge in [-0.2, -0.15) is 0 Å². The summed E-state index contributed by atoms with van der Waals surface area (Å²) in [5, 5.41) is 7.78. The van der Waals surface area contributed by atoms with Crippen LogP contribution < -0.4 is 22.2 Å². The standard InChI is InChI=1S/C10H19N5O/c1-7(14-6-10(11)16)5-9-8(2)13-3-4-15(9)12/h5,8,13-14H,1,3-4,6,12H2,2H3,(H2,11,16)/b9-5-. The van der Waals surface area contributed by atoms with E-state index in [-0.39, 0.29) is 12.6 Å². The number of nitrogens with two attached hydrogens (primary N) is 2. The number of piperazine rings is 1. The summed E-state index contributed by atoms with van der Waals surface area (Å²) in [6.45, 7) is 7.49. The summed E-state index contributed by atoms with van der Waals surface area (Å²) in [7, 11) is 0. The third-order valence-electron chi connectivity index (χ3n) is 2.39. The average Bonchev–Trinajstić information content (AvgIpc) is 2.21. The summed E-state index contributed by atoms with van der Waals surface area (Å²) in [5.74, 6) is 5.42. The Kier molecular flexibility index (Phi) is 4.33. The Morgan fingerprint density at radius 2 is 2.50 bits per heavy atom. The topological polar surface area (TPSA) is 96.4 Å². The van der Waals surface area contributed by atoms with E-state index in [9.17, 15) is 4.79 Å². The van der Waals surface area contributed by atoms with Gasteiger partial charge in [0, 0.05) is 30.5 Å². The monoisotopic (exact) mass is 225 g/mol. The lowest BCUT2D eigenvalue weighted by Gasteiger charge is -2.33. The van der Waals surface area contributed by atoms with Crippen molar-refractivity contribution >= 4 is 5.91 Å². The van der Waals surface area contributed by atoms with Crippen molar-refractivity contribution in [3.63, 3.8) is 0 Å². The third kappa shape index (κ3) is 3.56. The molecule has 0 aromatic rings. The van der Waals surface area contributed by atoms with E-state index >= 15 is 0 Å². The van der Waals surface area contributed by atoms with Gasteiger partial charge in [0.25, 0.3) is 0 Å². The van der Waals surface area contributed by atoms with E-state index in [1.54, 1.807) is 5.01 Å². The molecule has 1 unspecified atom stereocenters. The fraction of sp³-hybridized carbons (Fsp3) is 0.500. The molecule has 1 atom stereocenters. The highest BCUT2D eigenvalue weighted by Crippen LogP contribution is 2.10. The van der Waals surface area contributed by atoms with Crippen LogP contribution in [0, 0.1) is 0 Å². The van der Waals surface area contributed by atoms with Crippen LogP contribution in [0.25, 0.3) is 0 Å². The minimum atomic E-state index is -0.418. The molecule has 0 aliphatic carbocycles. The van der Waals surface area contributed by atoms with Gasteiger partial charge in [-0.15, -0.1) is 0 Å². The van der Waals surface area contributed by atoms with Crippen LogP contribution in [0.1, 0.15) is 6.92 Å². The van der Waals surface area contributed by atoms with E-state index in [0.29, 0.717) is 5.70 Å². The molecule has 1 fully saturated rings. The zero-order valence-corrected chi connectivity index (χ0v) is 9.49. The lowest BCUT2D eigenvalue weighted by Crippen LogP contribution is -2.50. The minimum Gasteiger partial charge on any atom is -0.377 e. The van der Waals surface area contributed by atoms with Crippen LogP contribution in [-0.4, -0.2) is 36.6 Å². The fourth-order valence-electron chi connectivity index (χ4n) is 1.52. The van der Waals surface area contributed by atoms with E-state index in [0.717, 1.165) is 18.8 Å². The van der Waals surface area contributed by atoms with Gasteiger partial charge in [0.2, 0.25) is 5.91 Å². The zero-order valence-electron chi connectivity index (χ0n) is 9.49. The number of hydrogen-bond acceptors (Lipinski definition) is 5. The summed E-state index contributed by atoms with van der Waals surface area (Å²) < 4.78 is 0. The molecule has 1 aliphatic rings. The van der Waals surface area contributed by atoms with E-state index in [2.05, 4.69) is 17.2 Å². The van der Waals surface area contributed by atoms with Crippen molar-refractivity contribution in [2.75, 3.05) is 19.6 Å². The number of amides is 1. The number of carbonyl (C=O) groups excluding carboxylic acids is 1. The van der Waals surface area contributed by atoms with Crippen LogP contribution in [-0.2, 0) is 4.79 Å². The van der Waals surface area contributed by atoms with Crippen molar-refractivity contribution < 1.29 is 4.79 Å². The molecular formula is C10H19N5O. The molecule has 6 nitrogen and oxygen atoms in total. The normalized spacial score (nSPS) is 23.2. The van der Waals surface area contributed by atoms with Gasteiger partial charge in [0.15, 0.2) is 0 Å². The van der Waals surface area contributed by atoms with Crippen LogP contribution >= 0.6 is 0 Å². The molecular weight excluding hydrogens is 206 g/mol. The number of primary amides is 1. The largest absolute Gasteiger partial charge is 0.377 e. The molecule has 90 valence electrons. The molecule has 6 heteroatoms. The number of nitrogens with zero attached hydrogens (tertiary/aromatic N) is 1. The number of allylic oxidation sites excluding steroid dienone is 1. The maximum Gasteiger partial charge on any atom is 0.236 e. The molecule has 6 N–H and O–H groups in total. The van der Waals surface area contributed by atoms with Crippen LogP contribution in [0.2, 0.25) is 0 Å². The molecule has 1 heterocycles. The van der Waals surface area contributed by atoms with Crippen molar-refractivity contribution in [3.8, 4) is 0 Å². The molecule has 0 bridgehead atoms. The lowest BCUT2D eigenvalue weighted by atomic mass is 10.1. The first kappa shape index (κ1) is 12.5. The van der Waals surface area contributed by atoms with Gasteiger partial charge >= 0.3 is 0 Å². The summed E-state index contributed by atoms with van der Waals surface area (Å²) in [6.07, 6.45) is 1.82. The smallest absolute Gasteiger partial charge is 0.236 e. The van der Waals surface area contributed by atoms with Gasteiger partial charge in [0.05, 0.1) is 6.54 Å². The van der Waals surface area contributed by atoms with Crippen molar-refractivity contribution in [2.24, 2.45) is 11.6 Å². The van der Waals surface area contributed by atoms with Crippen molar-refractivity contribution in [2.45, 2.75) is 13.0 Å². The highest BCUT2D eigenvalue weighted by Gasteiger charge is 2.18. The van der Waals surface area contributed by atoms with Crippen LogP contribution in [0.15, 0.2) is 24.0 Å². The summed E-state index contributed by atoms with van der Waals surface area (Å²) in [6, 6.07) is 0.172. The molecule has 0 spiro atoms. The molecule has 0 radical (unpaired) electrons. The first-order valence-electron chi connectivity index (χ1n) is 5.19. The van der Waals surface area contributed by atoms with Crippen molar-refractivity contribution in [1.29, 1.82) is 0 Å². The number of rotatable bonds is 4. The van der Waals surface area contributed by atoms with Crippen molar-refractivity contribution in [1.82, 2.24) is 15.6 Å². The second-order valence-electron chi connectivity index (χ2n) is 3.78. The molecule has 16 heavy (non-hydrogen) atoms. The Hall–Kier alpha value is -1.53. The quantitative estimate of drug-likeness (QED) is 0.443. The molecule has 1 saturated heterocycles. The van der Waals surface area contributed by atoms with Crippen molar-refractivity contribution in [3.05, 3.63) is 24.0 Å². The van der Waals surface area contributed by atoms with E-state index < -0.39 is 5.91 Å². The first-order chi connectivity index (χ1) is 7.50. The SMILES string of the molecule is C=C(/C=C1/C(C)NCCN1N)NCC(N)=O. The molecule has 1 rings (SSSR count). The van der Waals surface area contributed by atoms with Gasteiger partial charge < -0.3 is 21.4 Å². The lowest BCUT2D eigenvalue weighted by molar-refractivity contribution is -0.117. The maximum absolute atomic E-state index is 10.6. The van der Waals surface area contributed by atoms with E-state index in [1.165, 1.54) is 0 Å². The Labute approximate surface area is 95.3 Å². The summed E-state index contributed by atoms with van der Waals surface area (Å²) >= 11 is 0. The fourth-order valence-corrected chi connectivity index (χ4v) is 1.52. The van der Waals surface area contributed by atoms with Gasteiger partial charge in [-0.3, -0.25) is 4.79 Å². The Bertz CT molecular complexity index is 300. The Morgan fingerprint density at radius 1 is 1.81 bits per heavy atom. The second-order valence-corrected chi connectivity index (χ2v) is 3.78. The highest BCUT2D eigenvalue weighted by atomic mass is 16.1. The third-order valence-corrected chi connectivity index (χ3v) is 2.39. The number of nitrogens with one attached hydrogen (secondary N) is 2. The van der Waals surface area contributed by atoms with E-state index in [1.807, 2.05) is 13.0 Å². The van der Waals surface area contributed by atoms with Crippen LogP contribution in [0.3, 0.4) is 0 Å².